The molecule has 1 atom stereocenters. The first-order valence-corrected chi connectivity index (χ1v) is 9.28. The maximum Gasteiger partial charge on any atom is 1.00 e. The van der Waals surface area contributed by atoms with Gasteiger partial charge in [-0.05, 0) is 30.0 Å². The molecule has 22 heavy (non-hydrogen) atoms. The second kappa shape index (κ2) is 8.15. The summed E-state index contributed by atoms with van der Waals surface area (Å²) >= 11 is 6.01. The third kappa shape index (κ3) is 4.96. The molecule has 0 aromatic heterocycles. The van der Waals surface area contributed by atoms with Crippen LogP contribution in [0.5, 0.6) is 0 Å². The van der Waals surface area contributed by atoms with Gasteiger partial charge in [0.2, 0.25) is 0 Å². The van der Waals surface area contributed by atoms with Crippen LogP contribution in [0.15, 0.2) is 23.1 Å². The van der Waals surface area contributed by atoms with E-state index in [1.165, 1.54) is 12.1 Å². The van der Waals surface area contributed by atoms with Crippen LogP contribution < -0.4 is 29.6 Å². The normalized spacial score (nSPS) is 17.0. The Hall–Kier alpha value is -0.0700. The number of halogens is 1. The first kappa shape index (κ1) is 20.0. The van der Waals surface area contributed by atoms with Crippen molar-refractivity contribution in [2.45, 2.75) is 42.9 Å². The molecule has 0 amide bonds. The molecular weight excluding hydrogens is 335 g/mol. The molecule has 118 valence electrons. The molecule has 2 rings (SSSR count). The number of carboxylic acids is 1. The van der Waals surface area contributed by atoms with Gasteiger partial charge in [-0.1, -0.05) is 43.4 Å². The van der Waals surface area contributed by atoms with E-state index in [-0.39, 0.29) is 40.9 Å². The molecule has 0 heterocycles. The minimum absolute atomic E-state index is 0. The van der Waals surface area contributed by atoms with Gasteiger partial charge in [0.25, 0.3) is 0 Å². The van der Waals surface area contributed by atoms with Crippen LogP contribution in [0.2, 0.25) is 5.02 Å². The summed E-state index contributed by atoms with van der Waals surface area (Å²) in [6, 6.07) is 4.44. The van der Waals surface area contributed by atoms with Gasteiger partial charge in [0, 0.05) is 6.26 Å². The molecule has 1 N–H and O–H groups in total. The third-order valence-corrected chi connectivity index (χ3v) is 5.68. The predicted molar refractivity (Wildman–Crippen MR) is 82.6 cm³/mol. The Morgan fingerprint density at radius 1 is 1.41 bits per heavy atom. The predicted octanol–water partition coefficient (Wildman–Crippen LogP) is 0.609. The van der Waals surface area contributed by atoms with Crippen molar-refractivity contribution in [2.24, 2.45) is 5.92 Å². The average molecular weight is 355 g/mol. The summed E-state index contributed by atoms with van der Waals surface area (Å²) in [5, 5.41) is 9.54. The molecule has 0 bridgehead atoms. The van der Waals surface area contributed by atoms with Crippen LogP contribution in [0.4, 0.5) is 0 Å². The van der Waals surface area contributed by atoms with E-state index in [0.29, 0.717) is 17.9 Å². The fraction of sp³-hybridized carbons (Fsp3) is 0.533. The zero-order valence-electron chi connectivity index (χ0n) is 13.9. The van der Waals surface area contributed by atoms with E-state index >= 15 is 0 Å². The van der Waals surface area contributed by atoms with Gasteiger partial charge in [-0.2, -0.15) is 0 Å². The molecule has 1 aliphatic rings. The van der Waals surface area contributed by atoms with Crippen molar-refractivity contribution < 1.29 is 49.3 Å². The molecule has 1 aromatic rings. The van der Waals surface area contributed by atoms with Gasteiger partial charge in [0.1, 0.15) is 0 Å². The maximum atomic E-state index is 11.5. The van der Waals surface area contributed by atoms with Crippen LogP contribution in [-0.2, 0) is 14.6 Å². The Labute approximate surface area is 159 Å². The summed E-state index contributed by atoms with van der Waals surface area (Å²) in [6.07, 6.45) is 6.12. The second-order valence-electron chi connectivity index (χ2n) is 5.74. The molecule has 0 saturated heterocycles. The summed E-state index contributed by atoms with van der Waals surface area (Å²) in [5.74, 6) is -1.08. The number of carbonyl (C=O) groups is 1. The van der Waals surface area contributed by atoms with E-state index in [1.807, 2.05) is 0 Å². The molecule has 4 nitrogen and oxygen atoms in total. The molecule has 0 unspecified atom stereocenters. The molecule has 1 aromatic carbocycles. The van der Waals surface area contributed by atoms with Crippen LogP contribution in [0.1, 0.15) is 45.0 Å². The van der Waals surface area contributed by atoms with Crippen molar-refractivity contribution in [1.82, 2.24) is 0 Å². The number of hydrogen-bond donors (Lipinski definition) is 1. The van der Waals surface area contributed by atoms with Crippen LogP contribution >= 0.6 is 11.6 Å². The molecule has 1 saturated carbocycles. The van der Waals surface area contributed by atoms with Crippen LogP contribution in [0.3, 0.4) is 0 Å². The van der Waals surface area contributed by atoms with Crippen molar-refractivity contribution in [3.05, 3.63) is 28.8 Å². The first-order chi connectivity index (χ1) is 9.79. The Balaban J connectivity index is 0.00000242. The summed E-state index contributed by atoms with van der Waals surface area (Å²) in [4.78, 5) is 11.6. The SMILES string of the molecule is CS(=O)(=O)c1ccc([C@@H](CC2CCCC2)C(=O)O)cc1Cl.[H-].[Na+]. The molecule has 0 radical (unpaired) electrons. The van der Waals surface area contributed by atoms with Crippen LogP contribution in [0.25, 0.3) is 0 Å². The largest absolute Gasteiger partial charge is 1.00 e. The van der Waals surface area contributed by atoms with E-state index in [4.69, 9.17) is 11.6 Å². The Morgan fingerprint density at radius 3 is 2.45 bits per heavy atom. The van der Waals surface area contributed by atoms with Crippen molar-refractivity contribution in [3.63, 3.8) is 0 Å². The number of sulfone groups is 1. The average Bonchev–Trinajstić information content (AvgIpc) is 2.86. The van der Waals surface area contributed by atoms with E-state index in [1.54, 1.807) is 6.07 Å². The van der Waals surface area contributed by atoms with Crippen molar-refractivity contribution in [1.29, 1.82) is 0 Å². The van der Waals surface area contributed by atoms with Gasteiger partial charge in [0.05, 0.1) is 15.8 Å². The van der Waals surface area contributed by atoms with Gasteiger partial charge in [-0.25, -0.2) is 8.42 Å². The van der Waals surface area contributed by atoms with E-state index in [2.05, 4.69) is 0 Å². The van der Waals surface area contributed by atoms with Crippen molar-refractivity contribution >= 4 is 27.4 Å². The fourth-order valence-electron chi connectivity index (χ4n) is 2.99. The number of hydrogen-bond acceptors (Lipinski definition) is 3. The smallest absolute Gasteiger partial charge is 1.00 e. The zero-order chi connectivity index (χ0) is 15.6. The molecule has 1 aliphatic carbocycles. The molecule has 0 aliphatic heterocycles. The van der Waals surface area contributed by atoms with E-state index in [9.17, 15) is 18.3 Å². The molecular formula is C15H20ClNaO4S. The number of aliphatic carboxylic acids is 1. The topological polar surface area (TPSA) is 71.4 Å². The third-order valence-electron chi connectivity index (χ3n) is 4.10. The van der Waals surface area contributed by atoms with Crippen molar-refractivity contribution in [2.75, 3.05) is 6.26 Å². The fourth-order valence-corrected chi connectivity index (χ4v) is 4.33. The minimum atomic E-state index is -3.40. The number of carboxylic acid groups (broad SMARTS) is 1. The summed E-state index contributed by atoms with van der Waals surface area (Å²) < 4.78 is 23.1. The van der Waals surface area contributed by atoms with E-state index in [0.717, 1.165) is 31.9 Å². The Kier molecular flexibility index (Phi) is 7.40. The monoisotopic (exact) mass is 354 g/mol. The van der Waals surface area contributed by atoms with Gasteiger partial charge in [0.15, 0.2) is 9.84 Å². The number of rotatable bonds is 5. The first-order valence-electron chi connectivity index (χ1n) is 7.01. The van der Waals surface area contributed by atoms with Gasteiger partial charge >= 0.3 is 35.5 Å². The van der Waals surface area contributed by atoms with Crippen LogP contribution in [0, 0.1) is 5.92 Å². The van der Waals surface area contributed by atoms with Gasteiger partial charge < -0.3 is 6.53 Å². The van der Waals surface area contributed by atoms with Gasteiger partial charge in [-0.15, -0.1) is 0 Å². The second-order valence-corrected chi connectivity index (χ2v) is 8.13. The summed E-state index contributed by atoms with van der Waals surface area (Å²) in [7, 11) is -3.40. The summed E-state index contributed by atoms with van der Waals surface area (Å²) in [5.41, 5.74) is 0.576. The quantitative estimate of drug-likeness (QED) is 0.786. The van der Waals surface area contributed by atoms with Gasteiger partial charge in [-0.3, -0.25) is 4.79 Å². The molecule has 1 fully saturated rings. The Bertz CT molecular complexity index is 645. The Morgan fingerprint density at radius 2 is 2.00 bits per heavy atom. The molecule has 0 spiro atoms. The minimum Gasteiger partial charge on any atom is -1.00 e. The summed E-state index contributed by atoms with van der Waals surface area (Å²) in [6.45, 7) is 0. The zero-order valence-corrected chi connectivity index (χ0v) is 16.5. The maximum absolute atomic E-state index is 11.5. The standard InChI is InChI=1S/C15H19ClO4S.Na.H/c1-21(19,20)14-7-6-11(9-13(14)16)12(15(17)18)8-10-4-2-3-5-10;;/h6-7,9-10,12H,2-5,8H2,1H3,(H,17,18);;/q;+1;-1/t12-;;/m1../s1. The number of benzene rings is 1. The van der Waals surface area contributed by atoms with Crippen LogP contribution in [-0.4, -0.2) is 25.7 Å². The molecule has 7 heteroatoms. The van der Waals surface area contributed by atoms with E-state index < -0.39 is 21.7 Å². The van der Waals surface area contributed by atoms with Crippen molar-refractivity contribution in [3.8, 4) is 0 Å².